The predicted molar refractivity (Wildman–Crippen MR) is 91.4 cm³/mol. The van der Waals surface area contributed by atoms with Gasteiger partial charge in [0.05, 0.1) is 7.05 Å². The molecule has 1 aromatic heterocycles. The van der Waals surface area contributed by atoms with E-state index in [1.807, 2.05) is 24.3 Å². The molecule has 1 unspecified atom stereocenters. The molecule has 3 aromatic rings. The lowest BCUT2D eigenvalue weighted by molar-refractivity contribution is 0.0964. The first-order valence-electron chi connectivity index (χ1n) is 6.67. The zero-order chi connectivity index (χ0) is 15.9. The van der Waals surface area contributed by atoms with E-state index in [0.29, 0.717) is 16.0 Å². The van der Waals surface area contributed by atoms with Gasteiger partial charge in [-0.1, -0.05) is 23.7 Å². The third-order valence-electron chi connectivity index (χ3n) is 3.51. The molecule has 0 radical (unpaired) electrons. The zero-order valence-electron chi connectivity index (χ0n) is 12.1. The van der Waals surface area contributed by atoms with Crippen molar-refractivity contribution in [1.29, 1.82) is 0 Å². The van der Waals surface area contributed by atoms with Gasteiger partial charge in [-0.05, 0) is 18.2 Å². The number of fused-ring (bicyclic) bond motifs is 1. The van der Waals surface area contributed by atoms with Crippen LogP contribution in [-0.2, 0) is 7.05 Å². The van der Waals surface area contributed by atoms with Crippen molar-refractivity contribution in [2.75, 3.05) is 7.05 Å². The number of aromatic nitrogens is 1. The molecule has 0 saturated carbocycles. The van der Waals surface area contributed by atoms with Crippen LogP contribution < -0.4 is 10.9 Å². The summed E-state index contributed by atoms with van der Waals surface area (Å²) in [6.45, 7) is 0. The van der Waals surface area contributed by atoms with E-state index in [-0.39, 0.29) is 11.5 Å². The molecule has 0 aliphatic rings. The van der Waals surface area contributed by atoms with Crippen LogP contribution in [0.1, 0.15) is 10.4 Å². The van der Waals surface area contributed by atoms with Gasteiger partial charge in [0.15, 0.2) is 0 Å². The fourth-order valence-electron chi connectivity index (χ4n) is 2.46. The Morgan fingerprint density at radius 1 is 1.23 bits per heavy atom. The number of nitrogens with one attached hydrogen (secondary N) is 1. The summed E-state index contributed by atoms with van der Waals surface area (Å²) in [6.07, 6.45) is 0. The van der Waals surface area contributed by atoms with E-state index in [1.165, 1.54) is 0 Å². The van der Waals surface area contributed by atoms with Crippen molar-refractivity contribution in [2.45, 2.75) is 0 Å². The molecule has 0 saturated heterocycles. The summed E-state index contributed by atoms with van der Waals surface area (Å²) < 4.78 is 2.57. The second-order valence-corrected chi connectivity index (χ2v) is 7.24. The topological polar surface area (TPSA) is 51.1 Å². The molecule has 1 heterocycles. The van der Waals surface area contributed by atoms with Gasteiger partial charge in [0, 0.05) is 24.2 Å². The highest BCUT2D eigenvalue weighted by Gasteiger charge is 2.28. The second kappa shape index (κ2) is 5.59. The van der Waals surface area contributed by atoms with Crippen molar-refractivity contribution in [3.05, 3.63) is 63.4 Å². The maximum atomic E-state index is 12.5. The van der Waals surface area contributed by atoms with Gasteiger partial charge >= 0.3 is 5.56 Å². The van der Waals surface area contributed by atoms with Crippen LogP contribution in [0.5, 0.6) is 0 Å². The lowest BCUT2D eigenvalue weighted by Crippen LogP contribution is -2.18. The molecule has 3 rings (SSSR count). The molecular formula is C16H14ClN2O2S+. The highest BCUT2D eigenvalue weighted by molar-refractivity contribution is 7.41. The minimum absolute atomic E-state index is 0.0763. The number of halogens is 1. The summed E-state index contributed by atoms with van der Waals surface area (Å²) in [4.78, 5) is 25.4. The van der Waals surface area contributed by atoms with Gasteiger partial charge in [0.1, 0.15) is 21.6 Å². The van der Waals surface area contributed by atoms with E-state index in [1.54, 1.807) is 36.3 Å². The summed E-state index contributed by atoms with van der Waals surface area (Å²) in [6, 6.07) is 12.7. The number of rotatable bonds is 2. The van der Waals surface area contributed by atoms with E-state index >= 15 is 0 Å². The molecule has 2 aromatic carbocycles. The first-order chi connectivity index (χ1) is 10.5. The molecule has 0 bridgehead atoms. The van der Waals surface area contributed by atoms with E-state index in [0.717, 1.165) is 9.60 Å². The van der Waals surface area contributed by atoms with Crippen molar-refractivity contribution in [3.8, 4) is 4.90 Å². The Morgan fingerprint density at radius 3 is 2.68 bits per heavy atom. The van der Waals surface area contributed by atoms with Crippen LogP contribution in [0, 0.1) is 0 Å². The molecule has 22 heavy (non-hydrogen) atoms. The normalized spacial score (nSPS) is 11.7. The third kappa shape index (κ3) is 2.23. The number of amides is 1. The standard InChI is InChI=1S/C16H13ClN2O2S/c1-18-15(20)11-5-3-4-6-13(11)22-14-8-7-10(17)9-12(14)16(21)19(22)2/h3-9H,1-2H3/p+1. The highest BCUT2D eigenvalue weighted by atomic mass is 35.5. The molecule has 6 heteroatoms. The summed E-state index contributed by atoms with van der Waals surface area (Å²) in [7, 11) is 2.73. The number of hydrogen-bond donors (Lipinski definition) is 1. The number of carbonyl (C=O) groups excluding carboxylic acids is 1. The molecule has 0 aliphatic heterocycles. The summed E-state index contributed by atoms with van der Waals surface area (Å²) in [5.74, 6) is -0.161. The SMILES string of the molecule is CNC(=O)c1ccccc1-[s+]1c2ccc(Cl)cc2c(=O)n1C. The number of nitrogens with zero attached hydrogens (tertiary/aromatic N) is 1. The van der Waals surface area contributed by atoms with Crippen molar-refractivity contribution < 1.29 is 4.79 Å². The maximum absolute atomic E-state index is 12.5. The monoisotopic (exact) mass is 333 g/mol. The van der Waals surface area contributed by atoms with Gasteiger partial charge in [0.2, 0.25) is 9.60 Å². The van der Waals surface area contributed by atoms with Gasteiger partial charge in [-0.3, -0.25) is 9.59 Å². The first-order valence-corrected chi connectivity index (χ1v) is 8.23. The molecule has 0 fully saturated rings. The molecule has 4 nitrogen and oxygen atoms in total. The first kappa shape index (κ1) is 14.8. The Kier molecular flexibility index (Phi) is 3.76. The van der Waals surface area contributed by atoms with Gasteiger partial charge in [-0.15, -0.1) is 3.96 Å². The molecule has 0 aliphatic carbocycles. The average molecular weight is 334 g/mol. The predicted octanol–water partition coefficient (Wildman–Crippen LogP) is 3.29. The van der Waals surface area contributed by atoms with Gasteiger partial charge in [-0.2, -0.15) is 0 Å². The van der Waals surface area contributed by atoms with Gasteiger partial charge in [0.25, 0.3) is 5.91 Å². The van der Waals surface area contributed by atoms with Crippen molar-refractivity contribution in [1.82, 2.24) is 9.27 Å². The van der Waals surface area contributed by atoms with Crippen molar-refractivity contribution in [3.63, 3.8) is 0 Å². The largest absolute Gasteiger partial charge is 0.355 e. The number of hydrogen-bond acceptors (Lipinski definition) is 2. The van der Waals surface area contributed by atoms with E-state index in [4.69, 9.17) is 11.6 Å². The number of carbonyl (C=O) groups is 1. The van der Waals surface area contributed by atoms with Crippen LogP contribution in [0.15, 0.2) is 47.3 Å². The lowest BCUT2D eigenvalue weighted by Gasteiger charge is -2.02. The van der Waals surface area contributed by atoms with Gasteiger partial charge in [-0.25, -0.2) is 0 Å². The molecular weight excluding hydrogens is 320 g/mol. The zero-order valence-corrected chi connectivity index (χ0v) is 13.7. The number of benzene rings is 2. The molecule has 1 N–H and O–H groups in total. The summed E-state index contributed by atoms with van der Waals surface area (Å²) in [5.41, 5.74) is 0.503. The Labute approximate surface area is 135 Å². The summed E-state index contributed by atoms with van der Waals surface area (Å²) in [5, 5.41) is 3.78. The quantitative estimate of drug-likeness (QED) is 0.732. The Morgan fingerprint density at radius 2 is 1.95 bits per heavy atom. The Hall–Kier alpha value is -2.11. The Balaban J connectivity index is 2.40. The smallest absolute Gasteiger partial charge is 0.304 e. The van der Waals surface area contributed by atoms with Crippen molar-refractivity contribution in [2.24, 2.45) is 7.05 Å². The minimum Gasteiger partial charge on any atom is -0.355 e. The fraction of sp³-hybridized carbons (Fsp3) is 0.125. The highest BCUT2D eigenvalue weighted by Crippen LogP contribution is 2.39. The van der Waals surface area contributed by atoms with Gasteiger partial charge < -0.3 is 5.32 Å². The van der Waals surface area contributed by atoms with E-state index < -0.39 is 10.7 Å². The second-order valence-electron chi connectivity index (χ2n) is 4.80. The van der Waals surface area contributed by atoms with E-state index in [9.17, 15) is 9.59 Å². The third-order valence-corrected chi connectivity index (χ3v) is 6.00. The van der Waals surface area contributed by atoms with Crippen LogP contribution in [-0.4, -0.2) is 16.9 Å². The van der Waals surface area contributed by atoms with Crippen molar-refractivity contribution >= 4 is 38.3 Å². The van der Waals surface area contributed by atoms with Crippen LogP contribution in [0.4, 0.5) is 0 Å². The maximum Gasteiger partial charge on any atom is 0.304 e. The van der Waals surface area contributed by atoms with E-state index in [2.05, 4.69) is 5.32 Å². The molecule has 1 amide bonds. The van der Waals surface area contributed by atoms with Crippen LogP contribution >= 0.6 is 22.3 Å². The molecule has 1 atom stereocenters. The van der Waals surface area contributed by atoms with Crippen LogP contribution in [0.3, 0.4) is 0 Å². The Bertz CT molecular complexity index is 943. The molecule has 0 spiro atoms. The fourth-order valence-corrected chi connectivity index (χ4v) is 4.85. The summed E-state index contributed by atoms with van der Waals surface area (Å²) >= 11 is 6.00. The van der Waals surface area contributed by atoms with Crippen LogP contribution in [0.25, 0.3) is 15.0 Å². The molecule has 112 valence electrons. The lowest BCUT2D eigenvalue weighted by atomic mass is 10.2. The van der Waals surface area contributed by atoms with Crippen LogP contribution in [0.2, 0.25) is 5.02 Å². The average Bonchev–Trinajstić information content (AvgIpc) is 2.78. The minimum atomic E-state index is -0.618.